The highest BCUT2D eigenvalue weighted by Crippen LogP contribution is 2.32. The van der Waals surface area contributed by atoms with Gasteiger partial charge < -0.3 is 9.88 Å². The third-order valence-corrected chi connectivity index (χ3v) is 3.38. The van der Waals surface area contributed by atoms with Crippen LogP contribution in [0.3, 0.4) is 0 Å². The Labute approximate surface area is 98.2 Å². The monoisotopic (exact) mass is 231 g/mol. The zero-order chi connectivity index (χ0) is 12.0. The van der Waals surface area contributed by atoms with Crippen LogP contribution in [0.25, 0.3) is 10.9 Å². The number of non-ortho nitro benzene ring substituents is 1. The molecule has 0 saturated carbocycles. The summed E-state index contributed by atoms with van der Waals surface area (Å²) in [7, 11) is 2.07. The fourth-order valence-corrected chi connectivity index (χ4v) is 2.51. The van der Waals surface area contributed by atoms with Crippen molar-refractivity contribution in [2.45, 2.75) is 13.0 Å². The molecule has 0 radical (unpaired) electrons. The normalized spacial score (nSPS) is 16.1. The number of benzene rings is 1. The molecular formula is C12H13N3O2. The molecule has 5 nitrogen and oxygen atoms in total. The van der Waals surface area contributed by atoms with Crippen molar-refractivity contribution in [3.63, 3.8) is 0 Å². The van der Waals surface area contributed by atoms with E-state index in [0.29, 0.717) is 5.52 Å². The van der Waals surface area contributed by atoms with E-state index >= 15 is 0 Å². The van der Waals surface area contributed by atoms with Gasteiger partial charge in [-0.1, -0.05) is 12.1 Å². The lowest BCUT2D eigenvalue weighted by atomic mass is 10.0. The van der Waals surface area contributed by atoms with Crippen LogP contribution in [0.5, 0.6) is 0 Å². The molecule has 0 unspecified atom stereocenters. The van der Waals surface area contributed by atoms with E-state index in [1.807, 2.05) is 6.07 Å². The fraction of sp³-hybridized carbons (Fsp3) is 0.333. The number of hydrogen-bond donors (Lipinski definition) is 1. The molecule has 1 aromatic carbocycles. The van der Waals surface area contributed by atoms with Gasteiger partial charge in [0.1, 0.15) is 5.52 Å². The molecule has 1 aliphatic heterocycles. The van der Waals surface area contributed by atoms with Gasteiger partial charge in [0.25, 0.3) is 5.69 Å². The summed E-state index contributed by atoms with van der Waals surface area (Å²) in [5.74, 6) is 0. The largest absolute Gasteiger partial charge is 0.352 e. The van der Waals surface area contributed by atoms with Crippen molar-refractivity contribution in [3.05, 3.63) is 39.6 Å². The number of para-hydroxylation sites is 1. The smallest absolute Gasteiger partial charge is 0.293 e. The molecule has 1 N–H and O–H groups in total. The quantitative estimate of drug-likeness (QED) is 0.603. The van der Waals surface area contributed by atoms with Gasteiger partial charge in [0, 0.05) is 36.7 Å². The van der Waals surface area contributed by atoms with Gasteiger partial charge in [-0.15, -0.1) is 0 Å². The van der Waals surface area contributed by atoms with Crippen molar-refractivity contribution in [2.24, 2.45) is 0 Å². The minimum Gasteiger partial charge on any atom is -0.352 e. The second kappa shape index (κ2) is 3.56. The molecule has 0 atom stereocenters. The summed E-state index contributed by atoms with van der Waals surface area (Å²) in [6.07, 6.45) is 0.928. The molecule has 0 bridgehead atoms. The second-order valence-electron chi connectivity index (χ2n) is 4.53. The summed E-state index contributed by atoms with van der Waals surface area (Å²) in [5.41, 5.74) is 3.18. The summed E-state index contributed by atoms with van der Waals surface area (Å²) in [4.78, 5) is 16.1. The first kappa shape index (κ1) is 10.3. The van der Waals surface area contributed by atoms with Crippen LogP contribution in [0.1, 0.15) is 11.3 Å². The number of likely N-dealkylation sites (N-methyl/N-ethyl adjacent to an activating group) is 1. The van der Waals surface area contributed by atoms with Crippen molar-refractivity contribution < 1.29 is 4.92 Å². The second-order valence-corrected chi connectivity index (χ2v) is 4.53. The number of aromatic nitrogens is 1. The third-order valence-electron chi connectivity index (χ3n) is 3.38. The predicted molar refractivity (Wildman–Crippen MR) is 65.0 cm³/mol. The van der Waals surface area contributed by atoms with E-state index < -0.39 is 0 Å². The number of nitrogens with one attached hydrogen (secondary N) is 1. The van der Waals surface area contributed by atoms with Gasteiger partial charge in [0.2, 0.25) is 0 Å². The molecule has 3 rings (SSSR count). The lowest BCUT2D eigenvalue weighted by Gasteiger charge is -2.22. The Hall–Kier alpha value is -1.88. The van der Waals surface area contributed by atoms with E-state index in [1.165, 1.54) is 5.56 Å². The number of nitro groups is 1. The van der Waals surface area contributed by atoms with Crippen LogP contribution in [0.4, 0.5) is 5.69 Å². The van der Waals surface area contributed by atoms with Crippen molar-refractivity contribution in [1.82, 2.24) is 9.88 Å². The van der Waals surface area contributed by atoms with E-state index in [9.17, 15) is 10.1 Å². The first-order chi connectivity index (χ1) is 8.16. The Morgan fingerprint density at radius 1 is 1.47 bits per heavy atom. The van der Waals surface area contributed by atoms with Crippen LogP contribution in [-0.2, 0) is 13.0 Å². The average Bonchev–Trinajstić information content (AvgIpc) is 2.66. The van der Waals surface area contributed by atoms with Gasteiger partial charge in [-0.3, -0.25) is 10.1 Å². The van der Waals surface area contributed by atoms with Gasteiger partial charge in [-0.2, -0.15) is 0 Å². The molecule has 0 saturated heterocycles. The van der Waals surface area contributed by atoms with Crippen LogP contribution >= 0.6 is 0 Å². The van der Waals surface area contributed by atoms with Gasteiger partial charge in [0.15, 0.2) is 0 Å². The van der Waals surface area contributed by atoms with E-state index in [2.05, 4.69) is 16.9 Å². The maximum Gasteiger partial charge on any atom is 0.293 e. The summed E-state index contributed by atoms with van der Waals surface area (Å²) in [6.45, 7) is 1.85. The number of nitro benzene ring substituents is 1. The number of rotatable bonds is 1. The summed E-state index contributed by atoms with van der Waals surface area (Å²) in [6, 6.07) is 5.26. The molecule has 0 amide bonds. The van der Waals surface area contributed by atoms with E-state index in [4.69, 9.17) is 0 Å². The maximum absolute atomic E-state index is 11.0. The third kappa shape index (κ3) is 1.51. The van der Waals surface area contributed by atoms with E-state index in [-0.39, 0.29) is 10.6 Å². The van der Waals surface area contributed by atoms with Crippen LogP contribution < -0.4 is 0 Å². The molecule has 5 heteroatoms. The van der Waals surface area contributed by atoms with Gasteiger partial charge in [-0.05, 0) is 12.6 Å². The summed E-state index contributed by atoms with van der Waals surface area (Å²) >= 11 is 0. The molecule has 0 spiro atoms. The van der Waals surface area contributed by atoms with Crippen LogP contribution in [0.2, 0.25) is 0 Å². The lowest BCUT2D eigenvalue weighted by molar-refractivity contribution is -0.383. The highest BCUT2D eigenvalue weighted by Gasteiger charge is 2.22. The SMILES string of the molecule is CN1CCc2[nH]c3c([N+](=O)[O-])cccc3c2C1. The molecule has 2 heterocycles. The van der Waals surface area contributed by atoms with Gasteiger partial charge in [0.05, 0.1) is 4.92 Å². The number of hydrogen-bond acceptors (Lipinski definition) is 3. The number of aromatic amines is 1. The highest BCUT2D eigenvalue weighted by atomic mass is 16.6. The van der Waals surface area contributed by atoms with Crippen LogP contribution in [-0.4, -0.2) is 28.4 Å². The molecule has 1 aromatic heterocycles. The minimum atomic E-state index is -0.325. The number of H-pyrrole nitrogens is 1. The molecule has 0 aliphatic carbocycles. The predicted octanol–water partition coefficient (Wildman–Crippen LogP) is 2.06. The number of fused-ring (bicyclic) bond motifs is 3. The minimum absolute atomic E-state index is 0.166. The molecule has 1 aliphatic rings. The zero-order valence-electron chi connectivity index (χ0n) is 9.56. The standard InChI is InChI=1S/C12H13N3O2/c1-14-6-5-10-9(7-14)8-3-2-4-11(15(16)17)12(8)13-10/h2-4,13H,5-7H2,1H3. The Morgan fingerprint density at radius 3 is 3.06 bits per heavy atom. The van der Waals surface area contributed by atoms with Crippen molar-refractivity contribution in [3.8, 4) is 0 Å². The topological polar surface area (TPSA) is 62.2 Å². The van der Waals surface area contributed by atoms with Crippen LogP contribution in [0.15, 0.2) is 18.2 Å². The Morgan fingerprint density at radius 2 is 2.29 bits per heavy atom. The highest BCUT2D eigenvalue weighted by molar-refractivity contribution is 5.91. The summed E-state index contributed by atoms with van der Waals surface area (Å²) in [5, 5.41) is 12.0. The van der Waals surface area contributed by atoms with Crippen LogP contribution in [0, 0.1) is 10.1 Å². The fourth-order valence-electron chi connectivity index (χ4n) is 2.51. The van der Waals surface area contributed by atoms with E-state index in [0.717, 1.165) is 30.6 Å². The molecule has 17 heavy (non-hydrogen) atoms. The Balaban J connectivity index is 2.28. The van der Waals surface area contributed by atoms with Crippen molar-refractivity contribution in [1.29, 1.82) is 0 Å². The first-order valence-corrected chi connectivity index (χ1v) is 5.62. The Bertz CT molecular complexity index is 603. The van der Waals surface area contributed by atoms with E-state index in [1.54, 1.807) is 12.1 Å². The van der Waals surface area contributed by atoms with Gasteiger partial charge >= 0.3 is 0 Å². The first-order valence-electron chi connectivity index (χ1n) is 5.62. The Kier molecular flexibility index (Phi) is 2.16. The lowest BCUT2D eigenvalue weighted by Crippen LogP contribution is -2.25. The number of nitrogens with zero attached hydrogens (tertiary/aromatic N) is 2. The maximum atomic E-state index is 11.0. The zero-order valence-corrected chi connectivity index (χ0v) is 9.56. The van der Waals surface area contributed by atoms with Crippen molar-refractivity contribution >= 4 is 16.6 Å². The van der Waals surface area contributed by atoms with Crippen molar-refractivity contribution in [2.75, 3.05) is 13.6 Å². The molecule has 88 valence electrons. The average molecular weight is 231 g/mol. The summed E-state index contributed by atoms with van der Waals surface area (Å²) < 4.78 is 0. The molecule has 2 aromatic rings. The molecular weight excluding hydrogens is 218 g/mol. The van der Waals surface area contributed by atoms with Gasteiger partial charge in [-0.25, -0.2) is 0 Å². The molecule has 0 fully saturated rings.